The van der Waals surface area contributed by atoms with Gasteiger partial charge in [0.25, 0.3) is 0 Å². The smallest absolute Gasteiger partial charge is 0.348 e. The zero-order valence-corrected chi connectivity index (χ0v) is 7.16. The molecule has 0 amide bonds. The fourth-order valence-corrected chi connectivity index (χ4v) is 0.563. The number of nitrogens with two attached hydrogens (primary N) is 1. The summed E-state index contributed by atoms with van der Waals surface area (Å²) in [7, 11) is 2.13. The topological polar surface area (TPSA) is 102 Å². The number of allylic oxidation sites excluding steroid dienone is 1. The maximum Gasteiger partial charge on any atom is 0.348 e. The van der Waals surface area contributed by atoms with Crippen molar-refractivity contribution in [2.24, 2.45) is 5.73 Å². The predicted octanol–water partition coefficient (Wildman–Crippen LogP) is -0.931. The minimum absolute atomic E-state index is 0.529. The molecule has 70 valence electrons. The first-order valence-corrected chi connectivity index (χ1v) is 3.15. The summed E-state index contributed by atoms with van der Waals surface area (Å²) in [5.74, 6) is -1.99. The normalized spacial score (nSPS) is 8.08. The Morgan fingerprint density at radius 2 is 1.62 bits per heavy atom. The molecule has 0 aromatic carbocycles. The van der Waals surface area contributed by atoms with Gasteiger partial charge < -0.3 is 15.2 Å². The van der Waals surface area contributed by atoms with E-state index in [1.807, 2.05) is 0 Å². The summed E-state index contributed by atoms with van der Waals surface area (Å²) >= 11 is 0. The second-order valence-corrected chi connectivity index (χ2v) is 1.88. The zero-order valence-electron chi connectivity index (χ0n) is 7.16. The molecule has 0 saturated carbocycles. The number of hydrogen-bond acceptors (Lipinski definition) is 6. The van der Waals surface area contributed by atoms with Gasteiger partial charge in [-0.1, -0.05) is 0 Å². The highest BCUT2D eigenvalue weighted by Gasteiger charge is 2.23. The van der Waals surface area contributed by atoms with E-state index in [2.05, 4.69) is 9.47 Å². The summed E-state index contributed by atoms with van der Waals surface area (Å²) < 4.78 is 8.46. The number of nitrogens with zero attached hydrogens (tertiary/aromatic N) is 1. The van der Waals surface area contributed by atoms with Crippen LogP contribution < -0.4 is 5.73 Å². The molecule has 0 saturated heterocycles. The number of rotatable bonds is 2. The Bertz CT molecular complexity index is 282. The quantitative estimate of drug-likeness (QED) is 0.195. The average Bonchev–Trinajstić information content (AvgIpc) is 2.16. The summed E-state index contributed by atoms with van der Waals surface area (Å²) in [5, 5.41) is 8.35. The van der Waals surface area contributed by atoms with Crippen LogP contribution in [0.3, 0.4) is 0 Å². The number of carbonyl (C=O) groups excluding carboxylic acids is 2. The van der Waals surface area contributed by atoms with Crippen molar-refractivity contribution in [1.29, 1.82) is 5.26 Å². The fraction of sp³-hybridized carbons (Fsp3) is 0.286. The van der Waals surface area contributed by atoms with Gasteiger partial charge in [-0.05, 0) is 0 Å². The third kappa shape index (κ3) is 2.48. The number of ether oxygens (including phenoxy) is 2. The average molecular weight is 184 g/mol. The van der Waals surface area contributed by atoms with Crippen LogP contribution in [0.4, 0.5) is 0 Å². The van der Waals surface area contributed by atoms with Gasteiger partial charge in [0.2, 0.25) is 0 Å². The first-order valence-electron chi connectivity index (χ1n) is 3.15. The van der Waals surface area contributed by atoms with Crippen LogP contribution >= 0.6 is 0 Å². The van der Waals surface area contributed by atoms with Crippen molar-refractivity contribution in [1.82, 2.24) is 0 Å². The third-order valence-electron chi connectivity index (χ3n) is 1.17. The van der Waals surface area contributed by atoms with E-state index in [1.54, 1.807) is 0 Å². The lowest BCUT2D eigenvalue weighted by Crippen LogP contribution is -2.20. The second kappa shape index (κ2) is 4.77. The van der Waals surface area contributed by atoms with Crippen LogP contribution in [0.1, 0.15) is 0 Å². The van der Waals surface area contributed by atoms with Gasteiger partial charge in [0, 0.05) is 0 Å². The van der Waals surface area contributed by atoms with Crippen molar-refractivity contribution in [3.63, 3.8) is 0 Å². The summed E-state index contributed by atoms with van der Waals surface area (Å²) in [6.07, 6.45) is 0. The molecule has 0 spiro atoms. The number of hydrogen-bond donors (Lipinski definition) is 1. The minimum atomic E-state index is -0.995. The van der Waals surface area contributed by atoms with Crippen molar-refractivity contribution in [3.8, 4) is 6.07 Å². The highest BCUT2D eigenvalue weighted by atomic mass is 16.5. The zero-order chi connectivity index (χ0) is 10.4. The van der Waals surface area contributed by atoms with Crippen molar-refractivity contribution >= 4 is 11.9 Å². The van der Waals surface area contributed by atoms with Gasteiger partial charge in [0.05, 0.1) is 14.2 Å². The summed E-state index contributed by atoms with van der Waals surface area (Å²) in [6.45, 7) is 0. The first-order chi connectivity index (χ1) is 6.08. The van der Waals surface area contributed by atoms with Crippen LogP contribution in [0.25, 0.3) is 0 Å². The molecule has 0 aliphatic carbocycles. The van der Waals surface area contributed by atoms with Crippen LogP contribution in [-0.4, -0.2) is 26.2 Å². The van der Waals surface area contributed by atoms with E-state index < -0.39 is 23.2 Å². The molecule has 0 bridgehead atoms. The predicted molar refractivity (Wildman–Crippen MR) is 40.9 cm³/mol. The molecule has 6 heteroatoms. The SMILES string of the molecule is COC(=O)C(C(=O)OC)=C(N)C#N. The molecule has 2 N–H and O–H groups in total. The molecule has 0 aromatic rings. The van der Waals surface area contributed by atoms with E-state index in [9.17, 15) is 9.59 Å². The van der Waals surface area contributed by atoms with Crippen molar-refractivity contribution in [2.45, 2.75) is 0 Å². The van der Waals surface area contributed by atoms with Gasteiger partial charge in [-0.2, -0.15) is 5.26 Å². The molecule has 0 unspecified atom stereocenters. The minimum Gasteiger partial charge on any atom is -0.465 e. The summed E-state index contributed by atoms with van der Waals surface area (Å²) in [6, 6.07) is 1.45. The van der Waals surface area contributed by atoms with Crippen LogP contribution in [-0.2, 0) is 19.1 Å². The Kier molecular flexibility index (Phi) is 4.02. The van der Waals surface area contributed by atoms with E-state index in [4.69, 9.17) is 11.0 Å². The van der Waals surface area contributed by atoms with Gasteiger partial charge in [-0.25, -0.2) is 9.59 Å². The lowest BCUT2D eigenvalue weighted by atomic mass is 10.2. The Hall–Kier alpha value is -2.03. The number of esters is 2. The molecule has 0 aliphatic rings. The van der Waals surface area contributed by atoms with Crippen LogP contribution in [0, 0.1) is 11.3 Å². The Morgan fingerprint density at radius 1 is 1.23 bits per heavy atom. The summed E-state index contributed by atoms with van der Waals surface area (Å²) in [5.41, 5.74) is 3.97. The van der Waals surface area contributed by atoms with E-state index in [0.29, 0.717) is 0 Å². The molecule has 0 aliphatic heterocycles. The molecule has 13 heavy (non-hydrogen) atoms. The van der Waals surface area contributed by atoms with Gasteiger partial charge in [0.15, 0.2) is 5.57 Å². The van der Waals surface area contributed by atoms with E-state index in [1.165, 1.54) is 6.07 Å². The number of methoxy groups -OCH3 is 2. The van der Waals surface area contributed by atoms with Crippen LogP contribution in [0.5, 0.6) is 0 Å². The molecular formula is C7H8N2O4. The molecule has 0 radical (unpaired) electrons. The Labute approximate surface area is 74.5 Å². The van der Waals surface area contributed by atoms with Crippen molar-refractivity contribution in [3.05, 3.63) is 11.3 Å². The summed E-state index contributed by atoms with van der Waals surface area (Å²) in [4.78, 5) is 21.8. The maximum atomic E-state index is 10.9. The van der Waals surface area contributed by atoms with Crippen LogP contribution in [0.2, 0.25) is 0 Å². The number of carbonyl (C=O) groups is 2. The maximum absolute atomic E-state index is 10.9. The van der Waals surface area contributed by atoms with Crippen LogP contribution in [0.15, 0.2) is 11.3 Å². The molecule has 0 atom stereocenters. The Balaban J connectivity index is 5.13. The van der Waals surface area contributed by atoms with E-state index >= 15 is 0 Å². The van der Waals surface area contributed by atoms with Crippen molar-refractivity contribution in [2.75, 3.05) is 14.2 Å². The monoisotopic (exact) mass is 184 g/mol. The van der Waals surface area contributed by atoms with Gasteiger partial charge in [-0.15, -0.1) is 0 Å². The third-order valence-corrected chi connectivity index (χ3v) is 1.17. The number of nitriles is 1. The first kappa shape index (κ1) is 11.0. The molecule has 6 nitrogen and oxygen atoms in total. The molecule has 0 rings (SSSR count). The lowest BCUT2D eigenvalue weighted by Gasteiger charge is -2.02. The lowest BCUT2D eigenvalue weighted by molar-refractivity contribution is -0.144. The molecular weight excluding hydrogens is 176 g/mol. The molecule has 0 aromatic heterocycles. The Morgan fingerprint density at radius 3 is 1.85 bits per heavy atom. The van der Waals surface area contributed by atoms with Crippen molar-refractivity contribution < 1.29 is 19.1 Å². The highest BCUT2D eigenvalue weighted by Crippen LogP contribution is 2.03. The van der Waals surface area contributed by atoms with Gasteiger partial charge in [-0.3, -0.25) is 0 Å². The van der Waals surface area contributed by atoms with E-state index in [0.717, 1.165) is 14.2 Å². The largest absolute Gasteiger partial charge is 0.465 e. The van der Waals surface area contributed by atoms with Gasteiger partial charge in [0.1, 0.15) is 11.8 Å². The standard InChI is InChI=1S/C7H8N2O4/c1-12-6(10)5(4(9)3-8)7(11)13-2/h9H2,1-2H3. The van der Waals surface area contributed by atoms with E-state index in [-0.39, 0.29) is 0 Å². The molecule has 0 fully saturated rings. The second-order valence-electron chi connectivity index (χ2n) is 1.88. The highest BCUT2D eigenvalue weighted by molar-refractivity contribution is 6.15. The van der Waals surface area contributed by atoms with Gasteiger partial charge >= 0.3 is 11.9 Å². The fourth-order valence-electron chi connectivity index (χ4n) is 0.563. The molecule has 0 heterocycles.